The molecule has 0 saturated heterocycles. The first-order valence-electron chi connectivity index (χ1n) is 7.54. The number of hydrogen-bond acceptors (Lipinski definition) is 2. The normalized spacial score (nSPS) is 20.2. The molecule has 1 saturated carbocycles. The summed E-state index contributed by atoms with van der Waals surface area (Å²) in [5, 5.41) is 0. The van der Waals surface area contributed by atoms with Crippen molar-refractivity contribution in [2.75, 3.05) is 7.11 Å². The molecule has 1 aromatic carbocycles. The van der Waals surface area contributed by atoms with Gasteiger partial charge in [-0.2, -0.15) is 0 Å². The van der Waals surface area contributed by atoms with Crippen molar-refractivity contribution in [3.63, 3.8) is 0 Å². The van der Waals surface area contributed by atoms with E-state index in [0.717, 1.165) is 6.42 Å². The number of nitrogens with two attached hydrogens (primary N) is 1. The van der Waals surface area contributed by atoms with E-state index in [1.165, 1.54) is 43.2 Å². The van der Waals surface area contributed by atoms with E-state index < -0.39 is 0 Å². The summed E-state index contributed by atoms with van der Waals surface area (Å²) in [6.07, 6.45) is 7.72. The van der Waals surface area contributed by atoms with Crippen LogP contribution in [-0.2, 0) is 11.2 Å². The monoisotopic (exact) mass is 261 g/mol. The fourth-order valence-electron chi connectivity index (χ4n) is 3.29. The van der Waals surface area contributed by atoms with Crippen LogP contribution in [0.1, 0.15) is 43.2 Å². The molecule has 19 heavy (non-hydrogen) atoms. The maximum atomic E-state index is 6.40. The minimum atomic E-state index is 0.107. The molecule has 0 aliphatic heterocycles. The minimum absolute atomic E-state index is 0.107. The molecule has 2 unspecified atom stereocenters. The lowest BCUT2D eigenvalue weighted by Crippen LogP contribution is -2.43. The van der Waals surface area contributed by atoms with Crippen LogP contribution in [0.5, 0.6) is 0 Å². The van der Waals surface area contributed by atoms with Gasteiger partial charge in [0.2, 0.25) is 0 Å². The summed E-state index contributed by atoms with van der Waals surface area (Å²) in [7, 11) is 1.81. The Balaban J connectivity index is 1.95. The van der Waals surface area contributed by atoms with Crippen molar-refractivity contribution in [1.29, 1.82) is 0 Å². The van der Waals surface area contributed by atoms with Crippen LogP contribution in [0, 0.1) is 12.8 Å². The highest BCUT2D eigenvalue weighted by Crippen LogP contribution is 2.29. The molecular weight excluding hydrogens is 234 g/mol. The second-order valence-electron chi connectivity index (χ2n) is 5.95. The first kappa shape index (κ1) is 14.5. The Morgan fingerprint density at radius 3 is 2.37 bits per heavy atom. The smallest absolute Gasteiger partial charge is 0.0753 e. The van der Waals surface area contributed by atoms with Gasteiger partial charge in [0.1, 0.15) is 0 Å². The number of benzene rings is 1. The minimum Gasteiger partial charge on any atom is -0.380 e. The first-order valence-corrected chi connectivity index (χ1v) is 7.54. The molecule has 1 fully saturated rings. The fourth-order valence-corrected chi connectivity index (χ4v) is 3.29. The summed E-state index contributed by atoms with van der Waals surface area (Å²) in [5.41, 5.74) is 9.02. The van der Waals surface area contributed by atoms with Crippen molar-refractivity contribution in [3.05, 3.63) is 35.4 Å². The molecule has 2 nitrogen and oxygen atoms in total. The number of methoxy groups -OCH3 is 1. The largest absolute Gasteiger partial charge is 0.380 e. The van der Waals surface area contributed by atoms with Gasteiger partial charge in [-0.25, -0.2) is 0 Å². The van der Waals surface area contributed by atoms with Gasteiger partial charge in [0, 0.05) is 13.2 Å². The Morgan fingerprint density at radius 1 is 1.16 bits per heavy atom. The molecule has 1 aliphatic carbocycles. The molecule has 0 radical (unpaired) electrons. The zero-order chi connectivity index (χ0) is 13.7. The van der Waals surface area contributed by atoms with Gasteiger partial charge < -0.3 is 10.5 Å². The summed E-state index contributed by atoms with van der Waals surface area (Å²) in [6.45, 7) is 2.11. The van der Waals surface area contributed by atoms with Crippen LogP contribution in [0.4, 0.5) is 0 Å². The highest BCUT2D eigenvalue weighted by Gasteiger charge is 2.28. The number of aryl methyl sites for hydroxylation is 1. The molecule has 1 aliphatic rings. The lowest BCUT2D eigenvalue weighted by atomic mass is 9.81. The van der Waals surface area contributed by atoms with Gasteiger partial charge in [0.15, 0.2) is 0 Å². The lowest BCUT2D eigenvalue weighted by Gasteiger charge is -2.33. The van der Waals surface area contributed by atoms with E-state index in [9.17, 15) is 0 Å². The average molecular weight is 261 g/mol. The van der Waals surface area contributed by atoms with E-state index in [0.29, 0.717) is 5.92 Å². The molecule has 0 heterocycles. The summed E-state index contributed by atoms with van der Waals surface area (Å²) in [6, 6.07) is 8.79. The van der Waals surface area contributed by atoms with Crippen LogP contribution < -0.4 is 5.73 Å². The van der Waals surface area contributed by atoms with Gasteiger partial charge in [-0.05, 0) is 37.7 Å². The van der Waals surface area contributed by atoms with Gasteiger partial charge in [-0.15, -0.1) is 0 Å². The van der Waals surface area contributed by atoms with Crippen molar-refractivity contribution in [3.8, 4) is 0 Å². The second kappa shape index (κ2) is 7.06. The SMILES string of the molecule is COC(C(N)Cc1ccc(C)cc1)C1CCCCC1. The summed E-state index contributed by atoms with van der Waals surface area (Å²) >= 11 is 0. The first-order chi connectivity index (χ1) is 9.20. The topological polar surface area (TPSA) is 35.2 Å². The molecule has 106 valence electrons. The Kier molecular flexibility index (Phi) is 5.41. The number of rotatable bonds is 5. The van der Waals surface area contributed by atoms with Crippen LogP contribution in [0.2, 0.25) is 0 Å². The van der Waals surface area contributed by atoms with Crippen molar-refractivity contribution in [1.82, 2.24) is 0 Å². The zero-order valence-corrected chi connectivity index (χ0v) is 12.3. The quantitative estimate of drug-likeness (QED) is 0.881. The van der Waals surface area contributed by atoms with E-state index in [2.05, 4.69) is 31.2 Å². The van der Waals surface area contributed by atoms with Crippen LogP contribution in [0.25, 0.3) is 0 Å². The summed E-state index contributed by atoms with van der Waals surface area (Å²) in [4.78, 5) is 0. The Hall–Kier alpha value is -0.860. The van der Waals surface area contributed by atoms with Gasteiger partial charge in [-0.3, -0.25) is 0 Å². The van der Waals surface area contributed by atoms with E-state index >= 15 is 0 Å². The second-order valence-corrected chi connectivity index (χ2v) is 5.95. The molecule has 2 N–H and O–H groups in total. The summed E-state index contributed by atoms with van der Waals surface area (Å²) < 4.78 is 5.72. The van der Waals surface area contributed by atoms with E-state index in [1.807, 2.05) is 7.11 Å². The van der Waals surface area contributed by atoms with Gasteiger partial charge in [0.25, 0.3) is 0 Å². The highest BCUT2D eigenvalue weighted by atomic mass is 16.5. The van der Waals surface area contributed by atoms with Gasteiger partial charge in [-0.1, -0.05) is 49.1 Å². The fraction of sp³-hybridized carbons (Fsp3) is 0.647. The van der Waals surface area contributed by atoms with Gasteiger partial charge >= 0.3 is 0 Å². The third-order valence-corrected chi connectivity index (χ3v) is 4.40. The van der Waals surface area contributed by atoms with Crippen LogP contribution in [0.15, 0.2) is 24.3 Å². The molecular formula is C17H27NO. The van der Waals surface area contributed by atoms with Gasteiger partial charge in [0.05, 0.1) is 6.10 Å². The maximum Gasteiger partial charge on any atom is 0.0753 e. The van der Waals surface area contributed by atoms with Crippen molar-refractivity contribution < 1.29 is 4.74 Å². The molecule has 0 aromatic heterocycles. The molecule has 2 atom stereocenters. The van der Waals surface area contributed by atoms with Crippen LogP contribution in [-0.4, -0.2) is 19.3 Å². The zero-order valence-electron chi connectivity index (χ0n) is 12.3. The van der Waals surface area contributed by atoms with E-state index in [1.54, 1.807) is 0 Å². The van der Waals surface area contributed by atoms with E-state index in [-0.39, 0.29) is 12.1 Å². The molecule has 2 heteroatoms. The average Bonchev–Trinajstić information content (AvgIpc) is 2.43. The van der Waals surface area contributed by atoms with Crippen molar-refractivity contribution in [2.24, 2.45) is 11.7 Å². The van der Waals surface area contributed by atoms with Crippen molar-refractivity contribution in [2.45, 2.75) is 57.6 Å². The Morgan fingerprint density at radius 2 is 1.79 bits per heavy atom. The predicted molar refractivity (Wildman–Crippen MR) is 80.2 cm³/mol. The number of hydrogen-bond donors (Lipinski definition) is 1. The predicted octanol–water partition coefficient (Wildman–Crippen LogP) is 3.46. The van der Waals surface area contributed by atoms with E-state index in [4.69, 9.17) is 10.5 Å². The summed E-state index contributed by atoms with van der Waals surface area (Å²) in [5.74, 6) is 0.652. The molecule has 0 bridgehead atoms. The Labute approximate surface area is 117 Å². The number of ether oxygens (including phenoxy) is 1. The van der Waals surface area contributed by atoms with Crippen LogP contribution in [0.3, 0.4) is 0 Å². The molecule has 2 rings (SSSR count). The molecule has 1 aromatic rings. The highest BCUT2D eigenvalue weighted by molar-refractivity contribution is 5.22. The molecule has 0 amide bonds. The Bertz CT molecular complexity index is 367. The molecule has 0 spiro atoms. The third kappa shape index (κ3) is 4.05. The standard InChI is InChI=1S/C17H27NO/c1-13-8-10-14(11-9-13)12-16(18)17(19-2)15-6-4-3-5-7-15/h8-11,15-17H,3-7,12,18H2,1-2H3. The third-order valence-electron chi connectivity index (χ3n) is 4.40. The van der Waals surface area contributed by atoms with Crippen molar-refractivity contribution >= 4 is 0 Å². The lowest BCUT2D eigenvalue weighted by molar-refractivity contribution is 0.0179. The van der Waals surface area contributed by atoms with Crippen LogP contribution >= 0.6 is 0 Å². The maximum absolute atomic E-state index is 6.40.